The lowest BCUT2D eigenvalue weighted by Gasteiger charge is -2.13. The summed E-state index contributed by atoms with van der Waals surface area (Å²) in [4.78, 5) is 11.8. The zero-order valence-corrected chi connectivity index (χ0v) is 14.5. The quantitative estimate of drug-likeness (QED) is 0.565. The highest BCUT2D eigenvalue weighted by Gasteiger charge is 2.06. The number of anilines is 1. The molecule has 2 aromatic rings. The molecule has 0 aliphatic carbocycles. The van der Waals surface area contributed by atoms with Crippen LogP contribution < -0.4 is 20.9 Å². The van der Waals surface area contributed by atoms with Crippen LogP contribution in [0.1, 0.15) is 18.1 Å². The normalized spacial score (nSPS) is 9.60. The number of benzene rings is 2. The smallest absolute Gasteiger partial charge is 0.276 e. The third-order valence-electron chi connectivity index (χ3n) is 3.27. The zero-order chi connectivity index (χ0) is 18.1. The molecule has 0 aliphatic rings. The summed E-state index contributed by atoms with van der Waals surface area (Å²) in [6.45, 7) is 1.83. The van der Waals surface area contributed by atoms with Crippen molar-refractivity contribution in [2.75, 3.05) is 11.9 Å². The Labute approximate surface area is 151 Å². The van der Waals surface area contributed by atoms with Crippen LogP contribution in [-0.4, -0.2) is 17.6 Å². The van der Waals surface area contributed by atoms with Gasteiger partial charge in [-0.25, -0.2) is 0 Å². The molecule has 0 unspecified atom stereocenters. The molecule has 0 bridgehead atoms. The van der Waals surface area contributed by atoms with Crippen molar-refractivity contribution in [1.29, 1.82) is 5.26 Å². The van der Waals surface area contributed by atoms with Gasteiger partial charge in [0.15, 0.2) is 11.7 Å². The number of nitrogens with zero attached hydrogens (tertiary/aromatic N) is 1. The van der Waals surface area contributed by atoms with Crippen molar-refractivity contribution in [2.24, 2.45) is 0 Å². The average molecular weight is 354 g/mol. The molecule has 6 nitrogen and oxygen atoms in total. The van der Waals surface area contributed by atoms with Gasteiger partial charge in [0.1, 0.15) is 11.8 Å². The molecule has 7 heteroatoms. The summed E-state index contributed by atoms with van der Waals surface area (Å²) < 4.78 is 5.33. The Hall–Kier alpha value is -3.11. The van der Waals surface area contributed by atoms with E-state index in [1.54, 1.807) is 24.3 Å². The SMILES string of the molecule is CCc1cccc(NC(=S)NNC(=O)COc2ccccc2C#N)c1. The number of aryl methyl sites for hydroxylation is 1. The van der Waals surface area contributed by atoms with Gasteiger partial charge in [-0.2, -0.15) is 5.26 Å². The number of carbonyl (C=O) groups is 1. The number of hydrogen-bond donors (Lipinski definition) is 3. The average Bonchev–Trinajstić information content (AvgIpc) is 2.65. The molecular formula is C18H18N4O2S. The second kappa shape index (κ2) is 9.25. The van der Waals surface area contributed by atoms with Crippen molar-refractivity contribution >= 4 is 28.9 Å². The number of rotatable bonds is 5. The molecule has 0 fully saturated rings. The van der Waals surface area contributed by atoms with Crippen molar-refractivity contribution in [3.05, 3.63) is 59.7 Å². The van der Waals surface area contributed by atoms with Crippen LogP contribution in [0.15, 0.2) is 48.5 Å². The van der Waals surface area contributed by atoms with Gasteiger partial charge >= 0.3 is 0 Å². The molecule has 2 rings (SSSR count). The minimum Gasteiger partial charge on any atom is -0.482 e. The van der Waals surface area contributed by atoms with Crippen LogP contribution in [0.2, 0.25) is 0 Å². The van der Waals surface area contributed by atoms with E-state index in [0.717, 1.165) is 12.1 Å². The minimum atomic E-state index is -0.417. The van der Waals surface area contributed by atoms with Crippen LogP contribution in [0.25, 0.3) is 0 Å². The Morgan fingerprint density at radius 1 is 1.20 bits per heavy atom. The maximum Gasteiger partial charge on any atom is 0.276 e. The summed E-state index contributed by atoms with van der Waals surface area (Å²) in [6.07, 6.45) is 0.925. The summed E-state index contributed by atoms with van der Waals surface area (Å²) >= 11 is 5.13. The van der Waals surface area contributed by atoms with Gasteiger partial charge in [-0.1, -0.05) is 31.2 Å². The molecular weight excluding hydrogens is 336 g/mol. The summed E-state index contributed by atoms with van der Waals surface area (Å²) in [5.74, 6) is -0.0589. The fourth-order valence-electron chi connectivity index (χ4n) is 2.02. The number of para-hydroxylation sites is 1. The van der Waals surface area contributed by atoms with E-state index in [1.165, 1.54) is 5.56 Å². The largest absolute Gasteiger partial charge is 0.482 e. The summed E-state index contributed by atoms with van der Waals surface area (Å²) in [5.41, 5.74) is 7.44. The van der Waals surface area contributed by atoms with Crippen molar-refractivity contribution in [3.8, 4) is 11.8 Å². The molecule has 3 N–H and O–H groups in total. The van der Waals surface area contributed by atoms with E-state index in [9.17, 15) is 4.79 Å². The molecule has 0 radical (unpaired) electrons. The van der Waals surface area contributed by atoms with Gasteiger partial charge < -0.3 is 10.1 Å². The summed E-state index contributed by atoms with van der Waals surface area (Å²) in [7, 11) is 0. The first-order valence-corrected chi connectivity index (χ1v) is 8.10. The third kappa shape index (κ3) is 5.79. The van der Waals surface area contributed by atoms with E-state index in [0.29, 0.717) is 11.3 Å². The number of amides is 1. The van der Waals surface area contributed by atoms with Gasteiger partial charge in [-0.15, -0.1) is 0 Å². The van der Waals surface area contributed by atoms with Crippen LogP contribution in [0.5, 0.6) is 5.75 Å². The number of thiocarbonyl (C=S) groups is 1. The Bertz CT molecular complexity index is 802. The lowest BCUT2D eigenvalue weighted by Crippen LogP contribution is -2.45. The molecule has 0 aliphatic heterocycles. The predicted octanol–water partition coefficient (Wildman–Crippen LogP) is 2.52. The molecule has 0 aromatic heterocycles. The molecule has 0 atom stereocenters. The zero-order valence-electron chi connectivity index (χ0n) is 13.7. The van der Waals surface area contributed by atoms with Gasteiger partial charge in [0.05, 0.1) is 5.56 Å². The Kier molecular flexibility index (Phi) is 6.75. The number of hydrazine groups is 1. The van der Waals surface area contributed by atoms with Crippen LogP contribution >= 0.6 is 12.2 Å². The van der Waals surface area contributed by atoms with Gasteiger partial charge in [-0.05, 0) is 48.5 Å². The standard InChI is InChI=1S/C18H18N4O2S/c1-2-13-6-5-8-15(10-13)20-18(25)22-21-17(23)12-24-16-9-4-3-7-14(16)11-19/h3-10H,2,12H2,1H3,(H,21,23)(H2,20,22,25). The highest BCUT2D eigenvalue weighted by Crippen LogP contribution is 2.16. The number of nitriles is 1. The van der Waals surface area contributed by atoms with Crippen molar-refractivity contribution in [3.63, 3.8) is 0 Å². The highest BCUT2D eigenvalue weighted by atomic mass is 32.1. The molecule has 0 heterocycles. The fourth-order valence-corrected chi connectivity index (χ4v) is 2.19. The highest BCUT2D eigenvalue weighted by molar-refractivity contribution is 7.80. The minimum absolute atomic E-state index is 0.236. The van der Waals surface area contributed by atoms with Gasteiger partial charge in [-0.3, -0.25) is 15.6 Å². The molecule has 0 spiro atoms. The predicted molar refractivity (Wildman–Crippen MR) is 100.0 cm³/mol. The Morgan fingerprint density at radius 3 is 2.76 bits per heavy atom. The fraction of sp³-hybridized carbons (Fsp3) is 0.167. The topological polar surface area (TPSA) is 86.2 Å². The first-order valence-electron chi connectivity index (χ1n) is 7.69. The van der Waals surface area contributed by atoms with Crippen LogP contribution in [0, 0.1) is 11.3 Å². The molecule has 128 valence electrons. The molecule has 0 saturated heterocycles. The van der Waals surface area contributed by atoms with Gasteiger partial charge in [0.25, 0.3) is 5.91 Å². The van der Waals surface area contributed by atoms with E-state index >= 15 is 0 Å². The van der Waals surface area contributed by atoms with Crippen LogP contribution in [-0.2, 0) is 11.2 Å². The lowest BCUT2D eigenvalue weighted by atomic mass is 10.1. The van der Waals surface area contributed by atoms with Crippen LogP contribution in [0.4, 0.5) is 5.69 Å². The molecule has 25 heavy (non-hydrogen) atoms. The number of nitrogens with one attached hydrogen (secondary N) is 3. The first-order chi connectivity index (χ1) is 12.1. The monoisotopic (exact) mass is 354 g/mol. The van der Waals surface area contributed by atoms with E-state index < -0.39 is 5.91 Å². The van der Waals surface area contributed by atoms with E-state index in [4.69, 9.17) is 22.2 Å². The second-order valence-electron chi connectivity index (χ2n) is 5.08. The third-order valence-corrected chi connectivity index (χ3v) is 3.48. The maximum atomic E-state index is 11.8. The van der Waals surface area contributed by atoms with E-state index in [-0.39, 0.29) is 11.7 Å². The number of carbonyl (C=O) groups excluding carboxylic acids is 1. The Balaban J connectivity index is 1.77. The van der Waals surface area contributed by atoms with Crippen molar-refractivity contribution in [2.45, 2.75) is 13.3 Å². The number of ether oxygens (including phenoxy) is 1. The summed E-state index contributed by atoms with van der Waals surface area (Å²) in [5, 5.41) is 12.2. The van der Waals surface area contributed by atoms with E-state index in [2.05, 4.69) is 23.1 Å². The van der Waals surface area contributed by atoms with Crippen LogP contribution in [0.3, 0.4) is 0 Å². The molecule has 1 amide bonds. The molecule has 2 aromatic carbocycles. The first kappa shape index (κ1) is 18.2. The molecule has 0 saturated carbocycles. The Morgan fingerprint density at radius 2 is 2.00 bits per heavy atom. The van der Waals surface area contributed by atoms with Crippen molar-refractivity contribution < 1.29 is 9.53 Å². The second-order valence-corrected chi connectivity index (χ2v) is 5.49. The van der Waals surface area contributed by atoms with Crippen molar-refractivity contribution in [1.82, 2.24) is 10.9 Å². The summed E-state index contributed by atoms with van der Waals surface area (Å²) in [6, 6.07) is 16.5. The van der Waals surface area contributed by atoms with Gasteiger partial charge in [0, 0.05) is 5.69 Å². The number of hydrogen-bond acceptors (Lipinski definition) is 4. The lowest BCUT2D eigenvalue weighted by molar-refractivity contribution is -0.123. The van der Waals surface area contributed by atoms with E-state index in [1.807, 2.05) is 30.3 Å². The van der Waals surface area contributed by atoms with Gasteiger partial charge in [0.2, 0.25) is 0 Å². The maximum absolute atomic E-state index is 11.8.